The molecule has 0 saturated heterocycles. The van der Waals surface area contributed by atoms with Crippen molar-refractivity contribution in [2.75, 3.05) is 13.2 Å². The molecule has 2 heterocycles. The highest BCUT2D eigenvalue weighted by atomic mass is 32.2. The second-order valence-corrected chi connectivity index (χ2v) is 8.43. The van der Waals surface area contributed by atoms with E-state index >= 15 is 0 Å². The zero-order valence-electron chi connectivity index (χ0n) is 18.2. The Kier molecular flexibility index (Phi) is 7.57. The van der Waals surface area contributed by atoms with E-state index in [-0.39, 0.29) is 29.3 Å². The fourth-order valence-corrected chi connectivity index (χ4v) is 4.78. The SMILES string of the molecule is CCOC(=O)[C@H]1C(=S)N=C(c2ccccc2)O[C@]1(Sc1nc(C)cc(C)n1)C(=O)OCC. The minimum absolute atomic E-state index is 0.0431. The number of esters is 2. The summed E-state index contributed by atoms with van der Waals surface area (Å²) in [4.78, 5) is 37.5. The molecule has 0 radical (unpaired) electrons. The zero-order valence-corrected chi connectivity index (χ0v) is 19.8. The highest BCUT2D eigenvalue weighted by molar-refractivity contribution is 8.01. The Bertz CT molecular complexity index is 1040. The van der Waals surface area contributed by atoms with Crippen LogP contribution in [0.25, 0.3) is 0 Å². The number of hydrogen-bond donors (Lipinski definition) is 0. The van der Waals surface area contributed by atoms with Gasteiger partial charge < -0.3 is 14.2 Å². The number of rotatable bonds is 7. The van der Waals surface area contributed by atoms with Crippen LogP contribution in [0.15, 0.2) is 46.5 Å². The average molecular weight is 474 g/mol. The topological polar surface area (TPSA) is 100.0 Å². The number of carbonyl (C=O) groups is 2. The maximum Gasteiger partial charge on any atom is 0.363 e. The van der Waals surface area contributed by atoms with Gasteiger partial charge in [0.1, 0.15) is 4.99 Å². The quantitative estimate of drug-likeness (QED) is 0.340. The number of ether oxygens (including phenoxy) is 3. The van der Waals surface area contributed by atoms with Gasteiger partial charge in [0.05, 0.1) is 13.2 Å². The zero-order chi connectivity index (χ0) is 23.3. The first-order valence-corrected chi connectivity index (χ1v) is 11.2. The monoisotopic (exact) mass is 473 g/mol. The number of aromatic nitrogens is 2. The van der Waals surface area contributed by atoms with Crippen LogP contribution in [0, 0.1) is 19.8 Å². The maximum atomic E-state index is 13.4. The van der Waals surface area contributed by atoms with Crippen LogP contribution in [-0.4, -0.2) is 50.9 Å². The van der Waals surface area contributed by atoms with E-state index in [1.807, 2.05) is 19.9 Å². The molecule has 10 heteroatoms. The molecular weight excluding hydrogens is 450 g/mol. The number of thiocarbonyl (C=S) groups is 1. The van der Waals surface area contributed by atoms with Crippen LogP contribution in [0.5, 0.6) is 0 Å². The number of aryl methyl sites for hydroxylation is 2. The largest absolute Gasteiger partial charge is 0.465 e. The number of hydrogen-bond acceptors (Lipinski definition) is 9. The van der Waals surface area contributed by atoms with Crippen LogP contribution in [0.1, 0.15) is 30.8 Å². The molecule has 0 bridgehead atoms. The Hall–Kier alpha value is -2.85. The number of nitrogens with zero attached hydrogens (tertiary/aromatic N) is 3. The van der Waals surface area contributed by atoms with Crippen molar-refractivity contribution in [2.24, 2.45) is 10.9 Å². The van der Waals surface area contributed by atoms with Crippen molar-refractivity contribution in [3.05, 3.63) is 53.3 Å². The van der Waals surface area contributed by atoms with E-state index in [1.165, 1.54) is 0 Å². The molecule has 0 aliphatic carbocycles. The second-order valence-electron chi connectivity index (χ2n) is 6.83. The Morgan fingerprint density at radius 3 is 2.31 bits per heavy atom. The van der Waals surface area contributed by atoms with Gasteiger partial charge in [0.25, 0.3) is 4.93 Å². The van der Waals surface area contributed by atoms with Gasteiger partial charge in [-0.25, -0.2) is 19.8 Å². The Balaban J connectivity index is 2.19. The van der Waals surface area contributed by atoms with Crippen LogP contribution in [0.2, 0.25) is 0 Å². The molecule has 3 rings (SSSR count). The van der Waals surface area contributed by atoms with Crippen LogP contribution in [0.4, 0.5) is 0 Å². The van der Waals surface area contributed by atoms with Gasteiger partial charge in [0.2, 0.25) is 5.90 Å². The molecule has 168 valence electrons. The number of carbonyl (C=O) groups excluding carboxylic acids is 2. The van der Waals surface area contributed by atoms with Crippen molar-refractivity contribution in [2.45, 2.75) is 37.8 Å². The predicted octanol–water partition coefficient (Wildman–Crippen LogP) is 3.43. The molecule has 0 unspecified atom stereocenters. The van der Waals surface area contributed by atoms with Gasteiger partial charge in [-0.1, -0.05) is 30.4 Å². The minimum Gasteiger partial charge on any atom is -0.465 e. The van der Waals surface area contributed by atoms with Crippen molar-refractivity contribution in [1.82, 2.24) is 9.97 Å². The number of aliphatic imine (C=N–C) groups is 1. The highest BCUT2D eigenvalue weighted by Gasteiger charge is 2.60. The van der Waals surface area contributed by atoms with Crippen LogP contribution in [-0.2, 0) is 23.8 Å². The van der Waals surface area contributed by atoms with Crippen LogP contribution < -0.4 is 0 Å². The van der Waals surface area contributed by atoms with E-state index in [1.54, 1.807) is 44.2 Å². The summed E-state index contributed by atoms with van der Waals surface area (Å²) in [6.45, 7) is 7.10. The molecule has 2 aromatic rings. The summed E-state index contributed by atoms with van der Waals surface area (Å²) in [5.41, 5.74) is 1.98. The van der Waals surface area contributed by atoms with Crippen molar-refractivity contribution in [3.63, 3.8) is 0 Å². The van der Waals surface area contributed by atoms with E-state index < -0.39 is 22.8 Å². The third-order valence-electron chi connectivity index (χ3n) is 4.39. The molecule has 1 aromatic carbocycles. The first-order valence-electron chi connectivity index (χ1n) is 10.0. The smallest absolute Gasteiger partial charge is 0.363 e. The molecule has 1 aliphatic rings. The van der Waals surface area contributed by atoms with Crippen molar-refractivity contribution < 1.29 is 23.8 Å². The van der Waals surface area contributed by atoms with Gasteiger partial charge in [-0.05, 0) is 57.7 Å². The van der Waals surface area contributed by atoms with Gasteiger partial charge in [-0.2, -0.15) is 0 Å². The van der Waals surface area contributed by atoms with Crippen LogP contribution in [0.3, 0.4) is 0 Å². The molecule has 0 N–H and O–H groups in total. The second kappa shape index (κ2) is 10.2. The molecule has 8 nitrogen and oxygen atoms in total. The van der Waals surface area contributed by atoms with E-state index in [9.17, 15) is 9.59 Å². The molecular formula is C22H23N3O5S2. The number of thioether (sulfide) groups is 1. The summed E-state index contributed by atoms with van der Waals surface area (Å²) in [6, 6.07) is 10.8. The lowest BCUT2D eigenvalue weighted by Gasteiger charge is -2.38. The van der Waals surface area contributed by atoms with Gasteiger partial charge in [-0.3, -0.25) is 4.79 Å². The fraction of sp³-hybridized carbons (Fsp3) is 0.364. The third kappa shape index (κ3) is 4.97. The summed E-state index contributed by atoms with van der Waals surface area (Å²) >= 11 is 6.35. The third-order valence-corrected chi connectivity index (χ3v) is 5.88. The lowest BCUT2D eigenvalue weighted by molar-refractivity contribution is -0.165. The molecule has 32 heavy (non-hydrogen) atoms. The van der Waals surface area contributed by atoms with Gasteiger partial charge in [0, 0.05) is 17.0 Å². The average Bonchev–Trinajstić information content (AvgIpc) is 2.73. The Morgan fingerprint density at radius 1 is 1.09 bits per heavy atom. The summed E-state index contributed by atoms with van der Waals surface area (Å²) in [5, 5.41) is 0.238. The molecule has 0 saturated carbocycles. The first-order chi connectivity index (χ1) is 15.3. The summed E-state index contributed by atoms with van der Waals surface area (Å²) in [7, 11) is 0. The molecule has 0 amide bonds. The molecule has 2 atom stereocenters. The normalized spacial score (nSPS) is 20.2. The summed E-state index contributed by atoms with van der Waals surface area (Å²) in [6.07, 6.45) is 0. The summed E-state index contributed by atoms with van der Waals surface area (Å²) < 4.78 is 16.7. The van der Waals surface area contributed by atoms with E-state index in [2.05, 4.69) is 15.0 Å². The Labute approximate surface area is 195 Å². The standard InChI is InChI=1S/C22H23N3O5S2/c1-5-28-19(26)16-18(31)25-17(15-10-8-7-9-11-15)30-22(16,20(27)29-6-2)32-21-23-13(3)12-14(4)24-21/h7-12,16H,5-6H2,1-4H3/t16-,22-/m1/s1. The van der Waals surface area contributed by atoms with E-state index in [0.29, 0.717) is 17.0 Å². The molecule has 1 aromatic heterocycles. The van der Waals surface area contributed by atoms with Gasteiger partial charge in [0.15, 0.2) is 11.1 Å². The summed E-state index contributed by atoms with van der Waals surface area (Å²) in [5.74, 6) is -2.77. The lowest BCUT2D eigenvalue weighted by atomic mass is 9.99. The van der Waals surface area contributed by atoms with Crippen molar-refractivity contribution >= 4 is 46.8 Å². The molecule has 0 spiro atoms. The fourth-order valence-electron chi connectivity index (χ4n) is 3.13. The molecule has 1 aliphatic heterocycles. The molecule has 0 fully saturated rings. The van der Waals surface area contributed by atoms with Crippen LogP contribution >= 0.6 is 24.0 Å². The first kappa shape index (κ1) is 23.8. The maximum absolute atomic E-state index is 13.4. The van der Waals surface area contributed by atoms with E-state index in [0.717, 1.165) is 11.8 Å². The highest BCUT2D eigenvalue weighted by Crippen LogP contribution is 2.44. The van der Waals surface area contributed by atoms with E-state index in [4.69, 9.17) is 26.4 Å². The number of benzene rings is 1. The van der Waals surface area contributed by atoms with Crippen molar-refractivity contribution in [1.29, 1.82) is 0 Å². The minimum atomic E-state index is -1.95. The van der Waals surface area contributed by atoms with Gasteiger partial charge >= 0.3 is 11.9 Å². The van der Waals surface area contributed by atoms with Crippen molar-refractivity contribution in [3.8, 4) is 0 Å². The predicted molar refractivity (Wildman–Crippen MR) is 124 cm³/mol. The Morgan fingerprint density at radius 2 is 1.72 bits per heavy atom. The van der Waals surface area contributed by atoms with Gasteiger partial charge in [-0.15, -0.1) is 0 Å². The lowest BCUT2D eigenvalue weighted by Crippen LogP contribution is -2.56.